The molecule has 0 aliphatic heterocycles. The summed E-state index contributed by atoms with van der Waals surface area (Å²) in [6, 6.07) is 1.87. The lowest BCUT2D eigenvalue weighted by Gasteiger charge is -2.06. The molecule has 1 aliphatic rings. The summed E-state index contributed by atoms with van der Waals surface area (Å²) in [5.41, 5.74) is 2.01. The number of hydrogen-bond donors (Lipinski definition) is 2. The lowest BCUT2D eigenvalue weighted by Crippen LogP contribution is -2.26. The van der Waals surface area contributed by atoms with Crippen LogP contribution in [0.5, 0.6) is 0 Å². The van der Waals surface area contributed by atoms with Gasteiger partial charge in [0, 0.05) is 18.9 Å². The lowest BCUT2D eigenvalue weighted by atomic mass is 10.1. The molecule has 2 atom stereocenters. The highest BCUT2D eigenvalue weighted by molar-refractivity contribution is 5.89. The molecule has 0 radical (unpaired) electrons. The molecule has 1 aromatic rings. The number of carbonyl (C=O) groups is 2. The summed E-state index contributed by atoms with van der Waals surface area (Å²) in [4.78, 5) is 26.2. The number of carbonyl (C=O) groups excluding carboxylic acids is 1. The first-order chi connectivity index (χ1) is 8.09. The molecule has 0 spiro atoms. The lowest BCUT2D eigenvalue weighted by molar-refractivity contribution is -0.140. The van der Waals surface area contributed by atoms with Crippen LogP contribution in [0.15, 0.2) is 18.5 Å². The van der Waals surface area contributed by atoms with Crippen LogP contribution >= 0.6 is 0 Å². The predicted octanol–water partition coefficient (Wildman–Crippen LogP) is 0.727. The first-order valence-electron chi connectivity index (χ1n) is 5.49. The fraction of sp³-hybridized carbons (Fsp3) is 0.417. The molecule has 0 saturated heterocycles. The van der Waals surface area contributed by atoms with Crippen LogP contribution in [0.3, 0.4) is 0 Å². The smallest absolute Gasteiger partial charge is 0.307 e. The maximum atomic E-state index is 11.6. The molecule has 5 heteroatoms. The molecule has 1 heterocycles. The maximum Gasteiger partial charge on any atom is 0.307 e. The highest BCUT2D eigenvalue weighted by Crippen LogP contribution is 2.38. The fourth-order valence-electron chi connectivity index (χ4n) is 1.75. The zero-order valence-electron chi connectivity index (χ0n) is 9.51. The Morgan fingerprint density at radius 1 is 1.53 bits per heavy atom. The van der Waals surface area contributed by atoms with Gasteiger partial charge in [-0.15, -0.1) is 0 Å². The molecule has 0 aromatic carbocycles. The quantitative estimate of drug-likeness (QED) is 0.804. The van der Waals surface area contributed by atoms with Crippen LogP contribution in [0.25, 0.3) is 0 Å². The monoisotopic (exact) mass is 234 g/mol. The molecule has 2 rings (SSSR count). The van der Waals surface area contributed by atoms with E-state index < -0.39 is 11.9 Å². The van der Waals surface area contributed by atoms with E-state index in [9.17, 15) is 9.59 Å². The van der Waals surface area contributed by atoms with Gasteiger partial charge in [-0.3, -0.25) is 14.6 Å². The van der Waals surface area contributed by atoms with Crippen LogP contribution in [0.4, 0.5) is 0 Å². The maximum absolute atomic E-state index is 11.6. The molecule has 1 fully saturated rings. The van der Waals surface area contributed by atoms with Crippen molar-refractivity contribution in [3.05, 3.63) is 29.6 Å². The van der Waals surface area contributed by atoms with Gasteiger partial charge in [-0.2, -0.15) is 0 Å². The van der Waals surface area contributed by atoms with E-state index >= 15 is 0 Å². The van der Waals surface area contributed by atoms with Crippen molar-refractivity contribution < 1.29 is 14.7 Å². The summed E-state index contributed by atoms with van der Waals surface area (Å²) < 4.78 is 0. The third-order valence-electron chi connectivity index (χ3n) is 3.04. The van der Waals surface area contributed by atoms with E-state index in [1.807, 2.05) is 13.0 Å². The third-order valence-corrected chi connectivity index (χ3v) is 3.04. The van der Waals surface area contributed by atoms with Crippen molar-refractivity contribution in [2.45, 2.75) is 19.9 Å². The van der Waals surface area contributed by atoms with Crippen LogP contribution in [0.1, 0.15) is 17.5 Å². The molecule has 5 nitrogen and oxygen atoms in total. The van der Waals surface area contributed by atoms with Gasteiger partial charge < -0.3 is 10.4 Å². The van der Waals surface area contributed by atoms with Crippen LogP contribution < -0.4 is 5.32 Å². The van der Waals surface area contributed by atoms with Gasteiger partial charge in [0.05, 0.1) is 11.8 Å². The van der Waals surface area contributed by atoms with Crippen molar-refractivity contribution in [2.75, 3.05) is 0 Å². The van der Waals surface area contributed by atoms with Crippen LogP contribution in [0.2, 0.25) is 0 Å². The average molecular weight is 234 g/mol. The minimum absolute atomic E-state index is 0.180. The van der Waals surface area contributed by atoms with E-state index in [4.69, 9.17) is 5.11 Å². The number of rotatable bonds is 4. The van der Waals surface area contributed by atoms with Gasteiger partial charge in [-0.25, -0.2) is 0 Å². The Kier molecular flexibility index (Phi) is 3.08. The number of pyridine rings is 1. The van der Waals surface area contributed by atoms with Gasteiger partial charge in [0.25, 0.3) is 0 Å². The van der Waals surface area contributed by atoms with E-state index in [0.717, 1.165) is 11.1 Å². The number of aliphatic carboxylic acids is 1. The second-order valence-electron chi connectivity index (χ2n) is 4.31. The summed E-state index contributed by atoms with van der Waals surface area (Å²) in [6.45, 7) is 2.35. The molecule has 17 heavy (non-hydrogen) atoms. The van der Waals surface area contributed by atoms with E-state index in [-0.39, 0.29) is 11.8 Å². The minimum Gasteiger partial charge on any atom is -0.481 e. The van der Waals surface area contributed by atoms with Crippen molar-refractivity contribution in [3.63, 3.8) is 0 Å². The zero-order valence-corrected chi connectivity index (χ0v) is 9.51. The van der Waals surface area contributed by atoms with Gasteiger partial charge in [0.15, 0.2) is 0 Å². The Morgan fingerprint density at radius 2 is 2.29 bits per heavy atom. The average Bonchev–Trinajstić information content (AvgIpc) is 3.07. The van der Waals surface area contributed by atoms with Gasteiger partial charge in [-0.1, -0.05) is 0 Å². The Hall–Kier alpha value is -1.91. The van der Waals surface area contributed by atoms with Crippen molar-refractivity contribution in [2.24, 2.45) is 11.8 Å². The normalized spacial score (nSPS) is 21.9. The second kappa shape index (κ2) is 4.53. The highest BCUT2D eigenvalue weighted by atomic mass is 16.4. The topological polar surface area (TPSA) is 79.3 Å². The van der Waals surface area contributed by atoms with Crippen LogP contribution in [0, 0.1) is 18.8 Å². The van der Waals surface area contributed by atoms with Gasteiger partial charge in [0.1, 0.15) is 0 Å². The molecule has 1 amide bonds. The second-order valence-corrected chi connectivity index (χ2v) is 4.31. The zero-order chi connectivity index (χ0) is 12.4. The number of nitrogens with zero attached hydrogens (tertiary/aromatic N) is 1. The number of aromatic nitrogens is 1. The molecular formula is C12H14N2O3. The predicted molar refractivity (Wildman–Crippen MR) is 60.1 cm³/mol. The summed E-state index contributed by atoms with van der Waals surface area (Å²) in [7, 11) is 0. The van der Waals surface area contributed by atoms with E-state index in [1.54, 1.807) is 12.4 Å². The van der Waals surface area contributed by atoms with Gasteiger partial charge in [0.2, 0.25) is 5.91 Å². The third kappa shape index (κ3) is 2.61. The first-order valence-corrected chi connectivity index (χ1v) is 5.49. The summed E-state index contributed by atoms with van der Waals surface area (Å²) >= 11 is 0. The summed E-state index contributed by atoms with van der Waals surface area (Å²) in [5.74, 6) is -1.92. The molecule has 2 N–H and O–H groups in total. The Labute approximate surface area is 98.9 Å². The van der Waals surface area contributed by atoms with Crippen molar-refractivity contribution in [1.29, 1.82) is 0 Å². The molecule has 90 valence electrons. The van der Waals surface area contributed by atoms with Crippen molar-refractivity contribution in [1.82, 2.24) is 10.3 Å². The first kappa shape index (κ1) is 11.6. The largest absolute Gasteiger partial charge is 0.481 e. The van der Waals surface area contributed by atoms with Crippen LogP contribution in [-0.2, 0) is 16.1 Å². The molecule has 0 bridgehead atoms. The van der Waals surface area contributed by atoms with Crippen LogP contribution in [-0.4, -0.2) is 22.0 Å². The van der Waals surface area contributed by atoms with Crippen molar-refractivity contribution >= 4 is 11.9 Å². The minimum atomic E-state index is -0.886. The van der Waals surface area contributed by atoms with Crippen molar-refractivity contribution in [3.8, 4) is 0 Å². The summed E-state index contributed by atoms with van der Waals surface area (Å²) in [6.07, 6.45) is 3.85. The molecule has 1 aliphatic carbocycles. The molecule has 1 aromatic heterocycles. The van der Waals surface area contributed by atoms with E-state index in [0.29, 0.717) is 13.0 Å². The number of carboxylic acid groups (broad SMARTS) is 1. The Balaban J connectivity index is 1.86. The molecular weight excluding hydrogens is 220 g/mol. The standard InChI is InChI=1S/C12H14N2O3/c1-7-2-3-13-5-8(7)6-14-11(15)9-4-10(9)12(16)17/h2-3,5,9-10H,4,6H2,1H3,(H,14,15)(H,16,17)/t9-,10+/m1/s1. The fourth-order valence-corrected chi connectivity index (χ4v) is 1.75. The molecule has 1 saturated carbocycles. The van der Waals surface area contributed by atoms with E-state index in [1.165, 1.54) is 0 Å². The summed E-state index contributed by atoms with van der Waals surface area (Å²) in [5, 5.41) is 11.5. The SMILES string of the molecule is Cc1ccncc1CNC(=O)[C@@H]1C[C@@H]1C(=O)O. The molecule has 0 unspecified atom stereocenters. The van der Waals surface area contributed by atoms with Gasteiger partial charge in [-0.05, 0) is 30.5 Å². The number of hydrogen-bond acceptors (Lipinski definition) is 3. The van der Waals surface area contributed by atoms with E-state index in [2.05, 4.69) is 10.3 Å². The Bertz CT molecular complexity index is 459. The number of nitrogens with one attached hydrogen (secondary N) is 1. The van der Waals surface area contributed by atoms with Gasteiger partial charge >= 0.3 is 5.97 Å². The number of amides is 1. The Morgan fingerprint density at radius 3 is 2.88 bits per heavy atom. The number of aryl methyl sites for hydroxylation is 1. The highest BCUT2D eigenvalue weighted by Gasteiger charge is 2.48. The number of carboxylic acids is 1.